The average molecular weight is 547 g/mol. The van der Waals surface area contributed by atoms with E-state index in [2.05, 4.69) is 10.6 Å². The van der Waals surface area contributed by atoms with Gasteiger partial charge in [-0.25, -0.2) is 4.39 Å². The van der Waals surface area contributed by atoms with Gasteiger partial charge < -0.3 is 19.2 Å². The fourth-order valence-corrected chi connectivity index (χ4v) is 4.84. The summed E-state index contributed by atoms with van der Waals surface area (Å²) in [6.07, 6.45) is 0. The number of amides is 2. The van der Waals surface area contributed by atoms with Crippen LogP contribution in [0.1, 0.15) is 12.5 Å². The summed E-state index contributed by atoms with van der Waals surface area (Å²) in [5, 5.41) is 5.19. The number of benzene rings is 3. The summed E-state index contributed by atoms with van der Waals surface area (Å²) in [7, 11) is 1.56. The first kappa shape index (κ1) is 26.1. The number of rotatable bonds is 8. The molecule has 0 spiro atoms. The quantitative estimate of drug-likeness (QED) is 0.211. The van der Waals surface area contributed by atoms with Crippen LogP contribution in [0.5, 0.6) is 11.5 Å². The van der Waals surface area contributed by atoms with Crippen molar-refractivity contribution in [1.82, 2.24) is 5.32 Å². The van der Waals surface area contributed by atoms with Crippen molar-refractivity contribution in [3.05, 3.63) is 93.2 Å². The molecule has 0 unspecified atom stereocenters. The molecule has 2 N–H and O–H groups in total. The molecule has 2 heterocycles. The van der Waals surface area contributed by atoms with Crippen LogP contribution >= 0.6 is 11.8 Å². The summed E-state index contributed by atoms with van der Waals surface area (Å²) < 4.78 is 31.0. The molecule has 10 heteroatoms. The second-order valence-corrected chi connectivity index (χ2v) is 9.59. The van der Waals surface area contributed by atoms with Crippen molar-refractivity contribution in [2.24, 2.45) is 0 Å². The van der Waals surface area contributed by atoms with Gasteiger partial charge >= 0.3 is 0 Å². The number of fused-ring (bicyclic) bond motifs is 1. The minimum atomic E-state index is -0.548. The SMILES string of the molecule is COc1ccc(-c2oc3ccc(F)cc3c(=O)c2OCCNc2ccc(/C(C)=C3\SC(=O)NC3=O)cc2)cc1. The van der Waals surface area contributed by atoms with Gasteiger partial charge in [-0.3, -0.25) is 19.7 Å². The van der Waals surface area contributed by atoms with Crippen LogP contribution in [0.15, 0.2) is 80.8 Å². The van der Waals surface area contributed by atoms with Gasteiger partial charge in [0.05, 0.1) is 17.4 Å². The summed E-state index contributed by atoms with van der Waals surface area (Å²) in [6.45, 7) is 2.27. The molecule has 1 aliphatic heterocycles. The number of anilines is 1. The van der Waals surface area contributed by atoms with E-state index in [1.807, 2.05) is 24.3 Å². The number of allylic oxidation sites excluding steroid dienone is 1. The van der Waals surface area contributed by atoms with Crippen LogP contribution in [-0.2, 0) is 4.79 Å². The Balaban J connectivity index is 1.32. The largest absolute Gasteiger partial charge is 0.497 e. The predicted molar refractivity (Wildman–Crippen MR) is 149 cm³/mol. The molecule has 0 aliphatic carbocycles. The van der Waals surface area contributed by atoms with Crippen molar-refractivity contribution in [3.8, 4) is 22.8 Å². The molecular weight excluding hydrogens is 523 g/mol. The molecule has 0 radical (unpaired) electrons. The third-order valence-corrected chi connectivity index (χ3v) is 7.10. The zero-order valence-corrected chi connectivity index (χ0v) is 21.8. The monoisotopic (exact) mass is 546 g/mol. The Morgan fingerprint density at radius 3 is 2.44 bits per heavy atom. The van der Waals surface area contributed by atoms with E-state index in [9.17, 15) is 18.8 Å². The van der Waals surface area contributed by atoms with E-state index in [1.165, 1.54) is 12.1 Å². The zero-order valence-electron chi connectivity index (χ0n) is 21.0. The predicted octanol–water partition coefficient (Wildman–Crippen LogP) is 5.81. The van der Waals surface area contributed by atoms with Gasteiger partial charge in [0.2, 0.25) is 11.2 Å². The Kier molecular flexibility index (Phi) is 7.38. The van der Waals surface area contributed by atoms with Gasteiger partial charge in [-0.2, -0.15) is 0 Å². The Morgan fingerprint density at radius 2 is 1.77 bits per heavy atom. The number of imide groups is 1. The molecule has 4 aromatic rings. The lowest BCUT2D eigenvalue weighted by molar-refractivity contribution is -0.115. The summed E-state index contributed by atoms with van der Waals surface area (Å²) in [6, 6.07) is 18.1. The first-order valence-electron chi connectivity index (χ1n) is 12.0. The van der Waals surface area contributed by atoms with Crippen LogP contribution in [0.2, 0.25) is 0 Å². The van der Waals surface area contributed by atoms with E-state index >= 15 is 0 Å². The van der Waals surface area contributed by atoms with Crippen molar-refractivity contribution in [2.45, 2.75) is 6.92 Å². The number of thioether (sulfide) groups is 1. The van der Waals surface area contributed by atoms with Crippen LogP contribution < -0.4 is 25.5 Å². The van der Waals surface area contributed by atoms with E-state index < -0.39 is 17.2 Å². The summed E-state index contributed by atoms with van der Waals surface area (Å²) >= 11 is 0.887. The van der Waals surface area contributed by atoms with Gasteiger partial charge in [0.15, 0.2) is 5.76 Å². The fourth-order valence-electron chi connectivity index (χ4n) is 4.09. The summed E-state index contributed by atoms with van der Waals surface area (Å²) in [5.74, 6) is -0.0716. The highest BCUT2D eigenvalue weighted by Gasteiger charge is 2.27. The lowest BCUT2D eigenvalue weighted by atomic mass is 10.1. The zero-order chi connectivity index (χ0) is 27.5. The summed E-state index contributed by atoms with van der Waals surface area (Å²) in [4.78, 5) is 37.0. The lowest BCUT2D eigenvalue weighted by Crippen LogP contribution is -2.18. The van der Waals surface area contributed by atoms with Gasteiger partial charge in [0, 0.05) is 17.8 Å². The molecule has 39 heavy (non-hydrogen) atoms. The Morgan fingerprint density at radius 1 is 1.03 bits per heavy atom. The van der Waals surface area contributed by atoms with Crippen LogP contribution in [0, 0.1) is 5.82 Å². The van der Waals surface area contributed by atoms with E-state index in [0.717, 1.165) is 29.1 Å². The van der Waals surface area contributed by atoms with Crippen molar-refractivity contribution in [1.29, 1.82) is 0 Å². The van der Waals surface area contributed by atoms with E-state index in [0.29, 0.717) is 28.3 Å². The molecule has 8 nitrogen and oxygen atoms in total. The smallest absolute Gasteiger partial charge is 0.290 e. The lowest BCUT2D eigenvalue weighted by Gasteiger charge is -2.13. The molecular formula is C29H23FN2O6S. The number of hydrogen-bond donors (Lipinski definition) is 2. The number of halogens is 1. The molecule has 1 aliphatic rings. The van der Waals surface area contributed by atoms with Gasteiger partial charge in [-0.15, -0.1) is 0 Å². The minimum Gasteiger partial charge on any atom is -0.497 e. The number of carbonyl (C=O) groups is 2. The first-order valence-corrected chi connectivity index (χ1v) is 12.8. The van der Waals surface area contributed by atoms with Crippen LogP contribution in [-0.4, -0.2) is 31.4 Å². The molecule has 0 bridgehead atoms. The van der Waals surface area contributed by atoms with Crippen molar-refractivity contribution in [2.75, 3.05) is 25.6 Å². The van der Waals surface area contributed by atoms with Crippen molar-refractivity contribution < 1.29 is 27.9 Å². The normalized spacial score (nSPS) is 14.3. The molecule has 0 atom stereocenters. The second-order valence-electron chi connectivity index (χ2n) is 8.61. The number of nitrogens with one attached hydrogen (secondary N) is 2. The summed E-state index contributed by atoms with van der Waals surface area (Å²) in [5.41, 5.74) is 2.71. The fraction of sp³-hybridized carbons (Fsp3) is 0.138. The first-order chi connectivity index (χ1) is 18.8. The Labute approximate surface area is 226 Å². The molecule has 198 valence electrons. The number of hydrogen-bond acceptors (Lipinski definition) is 8. The Hall–Kier alpha value is -4.57. The van der Waals surface area contributed by atoms with Gasteiger partial charge in [-0.1, -0.05) is 12.1 Å². The minimum absolute atomic E-state index is 0.0143. The highest BCUT2D eigenvalue weighted by atomic mass is 32.2. The third kappa shape index (κ3) is 5.51. The molecule has 5 rings (SSSR count). The number of ether oxygens (including phenoxy) is 2. The standard InChI is InChI=1S/C29H23FN2O6S/c1-16(27-28(34)32-29(35)39-27)17-3-8-20(9-4-17)31-13-14-37-26-24(33)22-15-19(30)7-12-23(22)38-25(26)18-5-10-21(36-2)11-6-18/h3-12,15,31H,13-14H2,1-2H3,(H,32,34,35)/b27-16-. The molecule has 1 aromatic heterocycles. The van der Waals surface area contributed by atoms with E-state index in [-0.39, 0.29) is 34.3 Å². The Bertz CT molecular complexity index is 1660. The van der Waals surface area contributed by atoms with Crippen LogP contribution in [0.4, 0.5) is 14.9 Å². The number of carbonyl (C=O) groups excluding carboxylic acids is 2. The molecule has 0 saturated carbocycles. The highest BCUT2D eigenvalue weighted by Crippen LogP contribution is 2.33. The number of methoxy groups -OCH3 is 1. The molecule has 3 aromatic carbocycles. The van der Waals surface area contributed by atoms with Crippen molar-refractivity contribution in [3.63, 3.8) is 0 Å². The maximum absolute atomic E-state index is 13.9. The van der Waals surface area contributed by atoms with E-state index in [4.69, 9.17) is 13.9 Å². The van der Waals surface area contributed by atoms with E-state index in [1.54, 1.807) is 38.3 Å². The third-order valence-electron chi connectivity index (χ3n) is 6.12. The second kappa shape index (κ2) is 11.0. The maximum Gasteiger partial charge on any atom is 0.290 e. The topological polar surface area (TPSA) is 107 Å². The highest BCUT2D eigenvalue weighted by molar-refractivity contribution is 8.18. The average Bonchev–Trinajstić information content (AvgIpc) is 3.29. The van der Waals surface area contributed by atoms with Crippen LogP contribution in [0.25, 0.3) is 27.9 Å². The van der Waals surface area contributed by atoms with Crippen LogP contribution in [0.3, 0.4) is 0 Å². The van der Waals surface area contributed by atoms with Gasteiger partial charge in [-0.05, 0) is 84.4 Å². The molecule has 1 fully saturated rings. The van der Waals surface area contributed by atoms with Gasteiger partial charge in [0.25, 0.3) is 11.1 Å². The van der Waals surface area contributed by atoms with Gasteiger partial charge in [0.1, 0.15) is 23.8 Å². The molecule has 1 saturated heterocycles. The van der Waals surface area contributed by atoms with Crippen molar-refractivity contribution >= 4 is 45.1 Å². The molecule has 2 amide bonds. The maximum atomic E-state index is 13.9.